The molecule has 2 rings (SSSR count). The van der Waals surface area contributed by atoms with Crippen LogP contribution in [0.1, 0.15) is 19.3 Å². The fraction of sp³-hybridized carbons (Fsp3) is 0.417. The van der Waals surface area contributed by atoms with Gasteiger partial charge in [-0.1, -0.05) is 6.07 Å². The summed E-state index contributed by atoms with van der Waals surface area (Å²) in [6.07, 6.45) is 1.82. The highest BCUT2D eigenvalue weighted by atomic mass is 127. The maximum absolute atomic E-state index is 12.5. The van der Waals surface area contributed by atoms with Gasteiger partial charge in [-0.05, 0) is 60.1 Å². The van der Waals surface area contributed by atoms with Gasteiger partial charge in [-0.2, -0.15) is 4.31 Å². The second kappa shape index (κ2) is 5.76. The molecule has 104 valence electrons. The smallest absolute Gasteiger partial charge is 0.322 e. The van der Waals surface area contributed by atoms with Gasteiger partial charge in [0.1, 0.15) is 6.04 Å². The highest BCUT2D eigenvalue weighted by Crippen LogP contribution is 2.26. The van der Waals surface area contributed by atoms with Crippen LogP contribution in [0.15, 0.2) is 29.2 Å². The molecule has 1 N–H and O–H groups in total. The average Bonchev–Trinajstić information content (AvgIpc) is 2.38. The Kier molecular flexibility index (Phi) is 4.46. The number of hydrogen-bond acceptors (Lipinski definition) is 3. The Labute approximate surface area is 125 Å². The predicted molar refractivity (Wildman–Crippen MR) is 78.3 cm³/mol. The minimum Gasteiger partial charge on any atom is -0.480 e. The van der Waals surface area contributed by atoms with Gasteiger partial charge >= 0.3 is 5.97 Å². The molecule has 0 spiro atoms. The number of sulfonamides is 1. The Morgan fingerprint density at radius 2 is 2.11 bits per heavy atom. The first-order chi connectivity index (χ1) is 8.93. The van der Waals surface area contributed by atoms with E-state index in [2.05, 4.69) is 0 Å². The molecular weight excluding hydrogens is 381 g/mol. The number of hydrogen-bond donors (Lipinski definition) is 1. The molecule has 0 saturated carbocycles. The molecule has 1 aliphatic heterocycles. The third-order valence-corrected chi connectivity index (χ3v) is 5.72. The quantitative estimate of drug-likeness (QED) is 0.794. The number of carbonyl (C=O) groups is 1. The van der Waals surface area contributed by atoms with Crippen molar-refractivity contribution in [3.63, 3.8) is 0 Å². The number of halogens is 1. The van der Waals surface area contributed by atoms with Crippen molar-refractivity contribution in [2.24, 2.45) is 0 Å². The van der Waals surface area contributed by atoms with Crippen molar-refractivity contribution in [2.45, 2.75) is 30.2 Å². The number of aliphatic carboxylic acids is 1. The standard InChI is InChI=1S/C12H14INO4S/c13-9-4-3-5-10(8-9)19(17,18)14-7-2-1-6-11(14)12(15)16/h3-5,8,11H,1-2,6-7H2,(H,15,16). The molecule has 1 unspecified atom stereocenters. The first-order valence-electron chi connectivity index (χ1n) is 5.93. The van der Waals surface area contributed by atoms with Crippen LogP contribution in [0.5, 0.6) is 0 Å². The second-order valence-electron chi connectivity index (χ2n) is 4.42. The third-order valence-electron chi connectivity index (χ3n) is 3.14. The van der Waals surface area contributed by atoms with Crippen LogP contribution in [-0.2, 0) is 14.8 Å². The molecule has 1 aliphatic rings. The van der Waals surface area contributed by atoms with Crippen molar-refractivity contribution in [3.8, 4) is 0 Å². The van der Waals surface area contributed by atoms with Crippen molar-refractivity contribution in [3.05, 3.63) is 27.8 Å². The molecule has 0 bridgehead atoms. The Hall–Kier alpha value is -0.670. The number of carboxylic acids is 1. The molecule has 0 aromatic heterocycles. The Morgan fingerprint density at radius 3 is 2.74 bits per heavy atom. The Bertz CT molecular complexity index is 587. The van der Waals surface area contributed by atoms with E-state index < -0.39 is 22.0 Å². The SMILES string of the molecule is O=C(O)C1CCCCN1S(=O)(=O)c1cccc(I)c1. The molecular formula is C12H14INO4S. The third kappa shape index (κ3) is 3.09. The van der Waals surface area contributed by atoms with Gasteiger partial charge in [0, 0.05) is 10.1 Å². The van der Waals surface area contributed by atoms with Crippen LogP contribution in [0.3, 0.4) is 0 Å². The van der Waals surface area contributed by atoms with Crippen molar-refractivity contribution < 1.29 is 18.3 Å². The van der Waals surface area contributed by atoms with Crippen LogP contribution in [0.25, 0.3) is 0 Å². The maximum Gasteiger partial charge on any atom is 0.322 e. The predicted octanol–water partition coefficient (Wildman–Crippen LogP) is 1.92. The van der Waals surface area contributed by atoms with E-state index in [0.717, 1.165) is 14.3 Å². The largest absolute Gasteiger partial charge is 0.480 e. The lowest BCUT2D eigenvalue weighted by molar-refractivity contribution is -0.142. The zero-order valence-electron chi connectivity index (χ0n) is 10.1. The summed E-state index contributed by atoms with van der Waals surface area (Å²) in [5, 5.41) is 9.17. The van der Waals surface area contributed by atoms with E-state index in [1.165, 1.54) is 6.07 Å². The molecule has 1 heterocycles. The van der Waals surface area contributed by atoms with Gasteiger partial charge in [-0.15, -0.1) is 0 Å². The fourth-order valence-electron chi connectivity index (χ4n) is 2.20. The highest BCUT2D eigenvalue weighted by Gasteiger charge is 2.37. The molecule has 1 aromatic rings. The summed E-state index contributed by atoms with van der Waals surface area (Å²) in [6, 6.07) is 5.57. The average molecular weight is 395 g/mol. The summed E-state index contributed by atoms with van der Waals surface area (Å²) >= 11 is 2.04. The van der Waals surface area contributed by atoms with Crippen molar-refractivity contribution in [1.29, 1.82) is 0 Å². The zero-order valence-corrected chi connectivity index (χ0v) is 13.1. The highest BCUT2D eigenvalue weighted by molar-refractivity contribution is 14.1. The van der Waals surface area contributed by atoms with Crippen molar-refractivity contribution >= 4 is 38.6 Å². The summed E-state index contributed by atoms with van der Waals surface area (Å²) in [7, 11) is -3.73. The van der Waals surface area contributed by atoms with Gasteiger partial charge in [0.05, 0.1) is 4.90 Å². The first kappa shape index (κ1) is 14.7. The minimum atomic E-state index is -3.73. The van der Waals surface area contributed by atoms with Crippen LogP contribution in [0, 0.1) is 3.57 Å². The fourth-order valence-corrected chi connectivity index (χ4v) is 4.65. The van der Waals surface area contributed by atoms with Gasteiger partial charge in [0.2, 0.25) is 10.0 Å². The second-order valence-corrected chi connectivity index (χ2v) is 7.56. The van der Waals surface area contributed by atoms with E-state index in [1.807, 2.05) is 22.6 Å². The van der Waals surface area contributed by atoms with Crippen LogP contribution >= 0.6 is 22.6 Å². The van der Waals surface area contributed by atoms with E-state index in [0.29, 0.717) is 12.8 Å². The number of piperidine rings is 1. The molecule has 1 atom stereocenters. The van der Waals surface area contributed by atoms with Crippen molar-refractivity contribution in [2.75, 3.05) is 6.54 Å². The van der Waals surface area contributed by atoms with Gasteiger partial charge in [0.25, 0.3) is 0 Å². The molecule has 1 aromatic carbocycles. The number of benzene rings is 1. The molecule has 0 radical (unpaired) electrons. The molecule has 5 nitrogen and oxygen atoms in total. The number of rotatable bonds is 3. The van der Waals surface area contributed by atoms with Crippen LogP contribution in [0.4, 0.5) is 0 Å². The van der Waals surface area contributed by atoms with Crippen LogP contribution in [-0.4, -0.2) is 36.4 Å². The molecule has 7 heteroatoms. The number of nitrogens with zero attached hydrogens (tertiary/aromatic N) is 1. The molecule has 1 saturated heterocycles. The summed E-state index contributed by atoms with van der Waals surface area (Å²) in [5.41, 5.74) is 0. The van der Waals surface area contributed by atoms with Crippen LogP contribution in [0.2, 0.25) is 0 Å². The molecule has 1 fully saturated rings. The zero-order chi connectivity index (χ0) is 14.0. The van der Waals surface area contributed by atoms with Crippen molar-refractivity contribution in [1.82, 2.24) is 4.31 Å². The number of carboxylic acid groups (broad SMARTS) is 1. The topological polar surface area (TPSA) is 74.7 Å². The maximum atomic E-state index is 12.5. The van der Waals surface area contributed by atoms with E-state index >= 15 is 0 Å². The van der Waals surface area contributed by atoms with E-state index in [4.69, 9.17) is 5.11 Å². The van der Waals surface area contributed by atoms with Crippen LogP contribution < -0.4 is 0 Å². The molecule has 0 amide bonds. The summed E-state index contributed by atoms with van der Waals surface area (Å²) < 4.78 is 27.0. The lowest BCUT2D eigenvalue weighted by Crippen LogP contribution is -2.47. The van der Waals surface area contributed by atoms with E-state index in [9.17, 15) is 13.2 Å². The Morgan fingerprint density at radius 1 is 1.37 bits per heavy atom. The normalized spacial score (nSPS) is 21.2. The van der Waals surface area contributed by atoms with Gasteiger partial charge in [-0.25, -0.2) is 8.42 Å². The molecule has 19 heavy (non-hydrogen) atoms. The Balaban J connectivity index is 2.40. The molecule has 0 aliphatic carbocycles. The minimum absolute atomic E-state index is 0.160. The van der Waals surface area contributed by atoms with E-state index in [-0.39, 0.29) is 11.4 Å². The summed E-state index contributed by atoms with van der Waals surface area (Å²) in [4.78, 5) is 11.4. The van der Waals surface area contributed by atoms with Gasteiger partial charge in [-0.3, -0.25) is 4.79 Å². The lowest BCUT2D eigenvalue weighted by Gasteiger charge is -2.31. The van der Waals surface area contributed by atoms with Gasteiger partial charge in [0.15, 0.2) is 0 Å². The summed E-state index contributed by atoms with van der Waals surface area (Å²) in [5.74, 6) is -1.08. The lowest BCUT2D eigenvalue weighted by atomic mass is 10.1. The summed E-state index contributed by atoms with van der Waals surface area (Å²) in [6.45, 7) is 0.269. The van der Waals surface area contributed by atoms with Gasteiger partial charge < -0.3 is 5.11 Å². The monoisotopic (exact) mass is 395 g/mol. The van der Waals surface area contributed by atoms with E-state index in [1.54, 1.807) is 18.2 Å². The first-order valence-corrected chi connectivity index (χ1v) is 8.45.